The third-order valence-electron chi connectivity index (χ3n) is 3.84. The van der Waals surface area contributed by atoms with Gasteiger partial charge in [0.1, 0.15) is 11.5 Å². The molecule has 0 aromatic heterocycles. The van der Waals surface area contributed by atoms with E-state index < -0.39 is 33.4 Å². The lowest BCUT2D eigenvalue weighted by molar-refractivity contribution is -0.382. The number of hydrogen-bond acceptors (Lipinski definition) is 4. The van der Waals surface area contributed by atoms with E-state index in [0.717, 1.165) is 18.1 Å². The minimum atomic E-state index is -7.43. The molecule has 1 rings (SSSR count). The smallest absolute Gasteiger partial charge is 0.460 e. The summed E-state index contributed by atoms with van der Waals surface area (Å²) in [7, 11) is -6.97. The Hall–Kier alpha value is -0.700. The van der Waals surface area contributed by atoms with Gasteiger partial charge in [0.05, 0.1) is 0 Å². The van der Waals surface area contributed by atoms with E-state index in [0.29, 0.717) is 16.7 Å². The second-order valence-electron chi connectivity index (χ2n) is 6.38. The Morgan fingerprint density at radius 2 is 1.52 bits per heavy atom. The van der Waals surface area contributed by atoms with Crippen molar-refractivity contribution in [2.24, 2.45) is 5.92 Å². The van der Waals surface area contributed by atoms with Gasteiger partial charge in [0.25, 0.3) is 0 Å². The first-order chi connectivity index (χ1) is 12.7. The van der Waals surface area contributed by atoms with Crippen molar-refractivity contribution in [1.29, 1.82) is 0 Å². The zero-order chi connectivity index (χ0) is 23.5. The van der Waals surface area contributed by atoms with Crippen LogP contribution in [0.25, 0.3) is 0 Å². The number of halogens is 9. The molecule has 0 saturated carbocycles. The lowest BCUT2D eigenvalue weighted by Gasteiger charge is -2.34. The fourth-order valence-electron chi connectivity index (χ4n) is 2.18. The summed E-state index contributed by atoms with van der Waals surface area (Å²) in [4.78, 5) is 11.2. The van der Waals surface area contributed by atoms with Crippen LogP contribution < -0.4 is 0 Å². The Labute approximate surface area is 164 Å². The molecule has 1 aliphatic heterocycles. The van der Waals surface area contributed by atoms with E-state index in [1.165, 1.54) is 24.3 Å². The first kappa shape index (κ1) is 28.3. The van der Waals surface area contributed by atoms with Crippen molar-refractivity contribution in [2.75, 3.05) is 17.3 Å². The van der Waals surface area contributed by atoms with E-state index >= 15 is 0 Å². The molecule has 174 valence electrons. The summed E-state index contributed by atoms with van der Waals surface area (Å²) in [5.41, 5.74) is 0. The maximum absolute atomic E-state index is 12.2. The molecule has 0 amide bonds. The lowest BCUT2D eigenvalue weighted by atomic mass is 10.1. The Balaban J connectivity index is 0.000000571. The van der Waals surface area contributed by atoms with Gasteiger partial charge in [-0.25, -0.2) is 8.42 Å². The van der Waals surface area contributed by atoms with Crippen LogP contribution in [-0.2, 0) is 25.8 Å². The predicted molar refractivity (Wildman–Crippen MR) is 86.3 cm³/mol. The highest BCUT2D eigenvalue weighted by Gasteiger charge is 2.83. The minimum absolute atomic E-state index is 0.446. The van der Waals surface area contributed by atoms with Gasteiger partial charge < -0.3 is 4.55 Å². The molecule has 0 aromatic carbocycles. The van der Waals surface area contributed by atoms with E-state index in [1.807, 2.05) is 6.92 Å². The van der Waals surface area contributed by atoms with Crippen molar-refractivity contribution in [3.63, 3.8) is 0 Å². The molecule has 29 heavy (non-hydrogen) atoms. The summed E-state index contributed by atoms with van der Waals surface area (Å²) in [5, 5.41) is -7.11. The van der Waals surface area contributed by atoms with E-state index in [9.17, 15) is 57.3 Å². The summed E-state index contributed by atoms with van der Waals surface area (Å²) in [6.45, 7) is 4.29. The molecular weight excluding hydrogens is 467 g/mol. The molecule has 0 aromatic rings. The number of alkyl halides is 9. The molecule has 1 saturated heterocycles. The Bertz CT molecular complexity index is 662. The third kappa shape index (κ3) is 6.64. The van der Waals surface area contributed by atoms with Crippen molar-refractivity contribution < 1.29 is 57.3 Å². The maximum atomic E-state index is 12.2. The molecule has 0 N–H and O–H groups in total. The molecule has 0 aliphatic carbocycles. The fraction of sp³-hybridized carbons (Fsp3) is 0.929. The predicted octanol–water partition coefficient (Wildman–Crippen LogP) is 3.97. The van der Waals surface area contributed by atoms with Crippen LogP contribution in [0.2, 0.25) is 0 Å². The highest BCUT2D eigenvalue weighted by molar-refractivity contribution is 7.97. The van der Waals surface area contributed by atoms with Crippen molar-refractivity contribution in [3.8, 4) is 0 Å². The standard InChI is InChI=1S/C10H19OS.C4HF9O3S/c1-3-10(11)8-12-6-4-5-9(2)7-12;5-1(6,3(9,10)11)2(7,8)4(12,13)17(14,15)16/h9H,3-8H2,1-2H3;(H,14,15,16)/q+1;/p-1. The van der Waals surface area contributed by atoms with Crippen LogP contribution in [0.15, 0.2) is 0 Å². The second kappa shape index (κ2) is 9.62. The number of Topliss-reactive ketones (excluding diaryl/α,β-unsaturated/α-hetero) is 1. The van der Waals surface area contributed by atoms with Gasteiger partial charge in [0, 0.05) is 12.3 Å². The molecule has 1 fully saturated rings. The number of carbonyl (C=O) groups excluding carboxylic acids is 1. The fourth-order valence-corrected chi connectivity index (χ4v) is 5.26. The summed E-state index contributed by atoms with van der Waals surface area (Å²) in [6, 6.07) is 0. The quantitative estimate of drug-likeness (QED) is 0.324. The van der Waals surface area contributed by atoms with Crippen LogP contribution in [0.4, 0.5) is 39.5 Å². The first-order valence-electron chi connectivity index (χ1n) is 8.03. The van der Waals surface area contributed by atoms with Gasteiger partial charge in [-0.3, -0.25) is 4.79 Å². The highest BCUT2D eigenvalue weighted by atomic mass is 32.2. The van der Waals surface area contributed by atoms with Crippen molar-refractivity contribution in [2.45, 2.75) is 56.4 Å². The van der Waals surface area contributed by atoms with E-state index in [1.54, 1.807) is 0 Å². The number of carbonyl (C=O) groups is 1. The Kier molecular flexibility index (Phi) is 9.39. The van der Waals surface area contributed by atoms with Crippen LogP contribution in [0, 0.1) is 5.92 Å². The monoisotopic (exact) mass is 486 g/mol. The molecule has 2 atom stereocenters. The molecular formula is C14H19F9O4S2. The van der Waals surface area contributed by atoms with Gasteiger partial charge in [-0.2, -0.15) is 39.5 Å². The van der Waals surface area contributed by atoms with Crippen LogP contribution in [-0.4, -0.2) is 59.3 Å². The van der Waals surface area contributed by atoms with Gasteiger partial charge >= 0.3 is 23.3 Å². The second-order valence-corrected chi connectivity index (χ2v) is 10.1. The first-order valence-corrected chi connectivity index (χ1v) is 11.2. The van der Waals surface area contributed by atoms with E-state index in [2.05, 4.69) is 6.92 Å². The van der Waals surface area contributed by atoms with Gasteiger partial charge in [-0.1, -0.05) is 13.8 Å². The lowest BCUT2D eigenvalue weighted by Crippen LogP contribution is -2.63. The number of ketones is 1. The molecule has 2 unspecified atom stereocenters. The normalized spacial score (nSPS) is 21.9. The molecule has 0 radical (unpaired) electrons. The minimum Gasteiger partial charge on any atom is -0.743 e. The summed E-state index contributed by atoms with van der Waals surface area (Å²) < 4.78 is 135. The van der Waals surface area contributed by atoms with Gasteiger partial charge in [0.2, 0.25) is 0 Å². The summed E-state index contributed by atoms with van der Waals surface area (Å²) >= 11 is 0. The van der Waals surface area contributed by atoms with Crippen molar-refractivity contribution in [1.82, 2.24) is 0 Å². The molecule has 1 heterocycles. The molecule has 0 bridgehead atoms. The van der Waals surface area contributed by atoms with Crippen LogP contribution in [0.5, 0.6) is 0 Å². The van der Waals surface area contributed by atoms with E-state index in [-0.39, 0.29) is 0 Å². The third-order valence-corrected chi connectivity index (χ3v) is 7.36. The molecule has 4 nitrogen and oxygen atoms in total. The van der Waals surface area contributed by atoms with Gasteiger partial charge in [-0.05, 0) is 23.7 Å². The van der Waals surface area contributed by atoms with Crippen molar-refractivity contribution >= 4 is 26.8 Å². The SMILES string of the molecule is CCC(=O)C[S+]1CCCC(C)C1.O=S(=O)([O-])C(F)(F)C(F)(F)C(F)(F)C(F)(F)F. The zero-order valence-electron chi connectivity index (χ0n) is 15.2. The van der Waals surface area contributed by atoms with Crippen LogP contribution in [0.1, 0.15) is 33.1 Å². The Morgan fingerprint density at radius 3 is 1.86 bits per heavy atom. The molecule has 15 heteroatoms. The average Bonchev–Trinajstić information content (AvgIpc) is 2.52. The van der Waals surface area contributed by atoms with Crippen LogP contribution >= 0.6 is 0 Å². The number of hydrogen-bond donors (Lipinski definition) is 0. The summed E-state index contributed by atoms with van der Waals surface area (Å²) in [6.07, 6.45) is -3.70. The van der Waals surface area contributed by atoms with E-state index in [4.69, 9.17) is 0 Å². The largest absolute Gasteiger partial charge is 0.743 e. The molecule has 0 spiro atoms. The highest BCUT2D eigenvalue weighted by Crippen LogP contribution is 2.54. The Morgan fingerprint density at radius 1 is 1.03 bits per heavy atom. The number of rotatable bonds is 6. The molecule has 1 aliphatic rings. The average molecular weight is 486 g/mol. The van der Waals surface area contributed by atoms with Crippen molar-refractivity contribution in [3.05, 3.63) is 0 Å². The topological polar surface area (TPSA) is 74.3 Å². The zero-order valence-corrected chi connectivity index (χ0v) is 16.8. The van der Waals surface area contributed by atoms with Gasteiger partial charge in [-0.15, -0.1) is 0 Å². The van der Waals surface area contributed by atoms with Crippen LogP contribution in [0.3, 0.4) is 0 Å². The van der Waals surface area contributed by atoms with Gasteiger partial charge in [0.15, 0.2) is 21.7 Å². The summed E-state index contributed by atoms with van der Waals surface area (Å²) in [5.74, 6) is -9.98. The maximum Gasteiger partial charge on any atom is 0.460 e.